The Kier molecular flexibility index (Phi) is 3.49. The van der Waals surface area contributed by atoms with Crippen molar-refractivity contribution < 1.29 is 0 Å². The monoisotopic (exact) mass is 218 g/mol. The maximum absolute atomic E-state index is 3.46. The van der Waals surface area contributed by atoms with Gasteiger partial charge in [0.2, 0.25) is 0 Å². The first kappa shape index (κ1) is 11.5. The van der Waals surface area contributed by atoms with Crippen LogP contribution in [0.4, 0.5) is 5.69 Å². The molecule has 0 bridgehead atoms. The second-order valence-corrected chi connectivity index (χ2v) is 5.12. The molecule has 1 saturated heterocycles. The van der Waals surface area contributed by atoms with Crippen molar-refractivity contribution in [1.29, 1.82) is 0 Å². The highest BCUT2D eigenvalue weighted by molar-refractivity contribution is 5.47. The van der Waals surface area contributed by atoms with Gasteiger partial charge < -0.3 is 10.2 Å². The smallest absolute Gasteiger partial charge is 0.0366 e. The highest BCUT2D eigenvalue weighted by Crippen LogP contribution is 2.21. The molecule has 0 amide bonds. The quantitative estimate of drug-likeness (QED) is 0.837. The van der Waals surface area contributed by atoms with E-state index in [-0.39, 0.29) is 0 Å². The predicted molar refractivity (Wildman–Crippen MR) is 70.0 cm³/mol. The van der Waals surface area contributed by atoms with Gasteiger partial charge in [-0.1, -0.05) is 19.1 Å². The van der Waals surface area contributed by atoms with E-state index in [1.165, 1.54) is 17.8 Å². The zero-order chi connectivity index (χ0) is 11.5. The third-order valence-electron chi connectivity index (χ3n) is 3.63. The molecular weight excluding hydrogens is 196 g/mol. The maximum atomic E-state index is 3.46. The molecule has 0 radical (unpaired) electrons. The summed E-state index contributed by atoms with van der Waals surface area (Å²) in [6.45, 7) is 7.98. The SMILES string of the molecule is Cc1cccc(N(C)CC2CNCC2C)c1. The lowest BCUT2D eigenvalue weighted by Crippen LogP contribution is -2.29. The van der Waals surface area contributed by atoms with Gasteiger partial charge in [0.25, 0.3) is 0 Å². The minimum Gasteiger partial charge on any atom is -0.374 e. The highest BCUT2D eigenvalue weighted by Gasteiger charge is 2.24. The molecule has 0 aromatic heterocycles. The fourth-order valence-electron chi connectivity index (χ4n) is 2.43. The fourth-order valence-corrected chi connectivity index (χ4v) is 2.43. The summed E-state index contributed by atoms with van der Waals surface area (Å²) in [6, 6.07) is 8.74. The van der Waals surface area contributed by atoms with Crippen LogP contribution >= 0.6 is 0 Å². The second kappa shape index (κ2) is 4.88. The molecule has 88 valence electrons. The van der Waals surface area contributed by atoms with Crippen LogP contribution in [0, 0.1) is 18.8 Å². The van der Waals surface area contributed by atoms with Crippen LogP contribution in [-0.4, -0.2) is 26.7 Å². The largest absolute Gasteiger partial charge is 0.374 e. The van der Waals surface area contributed by atoms with E-state index >= 15 is 0 Å². The van der Waals surface area contributed by atoms with Gasteiger partial charge in [-0.05, 0) is 49.5 Å². The van der Waals surface area contributed by atoms with Gasteiger partial charge >= 0.3 is 0 Å². The summed E-state index contributed by atoms with van der Waals surface area (Å²) in [7, 11) is 2.19. The molecule has 1 aliphatic heterocycles. The second-order valence-electron chi connectivity index (χ2n) is 5.12. The molecule has 2 unspecified atom stereocenters. The average molecular weight is 218 g/mol. The molecule has 2 rings (SSSR count). The first-order valence-electron chi connectivity index (χ1n) is 6.15. The summed E-state index contributed by atoms with van der Waals surface area (Å²) in [5, 5.41) is 3.46. The van der Waals surface area contributed by atoms with Crippen molar-refractivity contribution in [2.75, 3.05) is 31.6 Å². The topological polar surface area (TPSA) is 15.3 Å². The van der Waals surface area contributed by atoms with Gasteiger partial charge in [0.15, 0.2) is 0 Å². The zero-order valence-electron chi connectivity index (χ0n) is 10.5. The van der Waals surface area contributed by atoms with Gasteiger partial charge in [0.05, 0.1) is 0 Å². The summed E-state index contributed by atoms with van der Waals surface area (Å²) in [4.78, 5) is 2.38. The molecule has 1 aromatic rings. The van der Waals surface area contributed by atoms with Gasteiger partial charge in [-0.2, -0.15) is 0 Å². The highest BCUT2D eigenvalue weighted by atomic mass is 15.1. The minimum absolute atomic E-state index is 0.783. The van der Waals surface area contributed by atoms with Crippen LogP contribution in [-0.2, 0) is 0 Å². The summed E-state index contributed by atoms with van der Waals surface area (Å²) >= 11 is 0. The standard InChI is InChI=1S/C14H22N2/c1-11-5-4-6-14(7-11)16(3)10-13-9-15-8-12(13)2/h4-7,12-13,15H,8-10H2,1-3H3. The van der Waals surface area contributed by atoms with Crippen molar-refractivity contribution in [2.24, 2.45) is 11.8 Å². The van der Waals surface area contributed by atoms with E-state index in [4.69, 9.17) is 0 Å². The molecule has 2 nitrogen and oxygen atoms in total. The van der Waals surface area contributed by atoms with E-state index in [0.29, 0.717) is 0 Å². The minimum atomic E-state index is 0.783. The summed E-state index contributed by atoms with van der Waals surface area (Å²) in [6.07, 6.45) is 0. The van der Waals surface area contributed by atoms with Crippen LogP contribution in [0.1, 0.15) is 12.5 Å². The van der Waals surface area contributed by atoms with Gasteiger partial charge in [-0.25, -0.2) is 0 Å². The van der Waals surface area contributed by atoms with Crippen molar-refractivity contribution in [3.63, 3.8) is 0 Å². The molecule has 1 aliphatic rings. The number of rotatable bonds is 3. The molecule has 2 atom stereocenters. The van der Waals surface area contributed by atoms with Crippen molar-refractivity contribution >= 4 is 5.69 Å². The maximum Gasteiger partial charge on any atom is 0.0366 e. The third-order valence-corrected chi connectivity index (χ3v) is 3.63. The zero-order valence-corrected chi connectivity index (χ0v) is 10.5. The Bertz CT molecular complexity index is 348. The number of hydrogen-bond acceptors (Lipinski definition) is 2. The molecule has 0 saturated carbocycles. The Morgan fingerprint density at radius 3 is 2.81 bits per heavy atom. The third kappa shape index (κ3) is 2.56. The summed E-state index contributed by atoms with van der Waals surface area (Å²) in [5.74, 6) is 1.58. The number of aryl methyl sites for hydroxylation is 1. The van der Waals surface area contributed by atoms with E-state index in [1.54, 1.807) is 0 Å². The summed E-state index contributed by atoms with van der Waals surface area (Å²) in [5.41, 5.74) is 2.67. The first-order valence-corrected chi connectivity index (χ1v) is 6.15. The Labute approximate surface area is 98.7 Å². The molecule has 16 heavy (non-hydrogen) atoms. The number of benzene rings is 1. The Balaban J connectivity index is 1.99. The predicted octanol–water partition coefficient (Wildman–Crippen LogP) is 2.29. The van der Waals surface area contributed by atoms with Crippen LogP contribution in [0.25, 0.3) is 0 Å². The number of nitrogens with zero attached hydrogens (tertiary/aromatic N) is 1. The van der Waals surface area contributed by atoms with Gasteiger partial charge in [0.1, 0.15) is 0 Å². The molecule has 2 heteroatoms. The van der Waals surface area contributed by atoms with E-state index in [0.717, 1.165) is 24.9 Å². The van der Waals surface area contributed by atoms with Crippen LogP contribution in [0.5, 0.6) is 0 Å². The van der Waals surface area contributed by atoms with Crippen LogP contribution < -0.4 is 10.2 Å². The Hall–Kier alpha value is -1.02. The number of nitrogens with one attached hydrogen (secondary N) is 1. The van der Waals surface area contributed by atoms with Crippen molar-refractivity contribution in [3.05, 3.63) is 29.8 Å². The Morgan fingerprint density at radius 2 is 2.19 bits per heavy atom. The lowest BCUT2D eigenvalue weighted by molar-refractivity contribution is 0.455. The van der Waals surface area contributed by atoms with Gasteiger partial charge in [-0.15, -0.1) is 0 Å². The van der Waals surface area contributed by atoms with E-state index in [1.807, 2.05) is 0 Å². The van der Waals surface area contributed by atoms with Crippen molar-refractivity contribution in [1.82, 2.24) is 5.32 Å². The first-order chi connectivity index (χ1) is 7.66. The van der Waals surface area contributed by atoms with E-state index in [2.05, 4.69) is 55.4 Å². The van der Waals surface area contributed by atoms with Crippen molar-refractivity contribution in [3.8, 4) is 0 Å². The molecule has 0 spiro atoms. The van der Waals surface area contributed by atoms with Crippen LogP contribution in [0.3, 0.4) is 0 Å². The van der Waals surface area contributed by atoms with E-state index in [9.17, 15) is 0 Å². The molecule has 1 N–H and O–H groups in total. The lowest BCUT2D eigenvalue weighted by Gasteiger charge is -2.25. The number of hydrogen-bond donors (Lipinski definition) is 1. The summed E-state index contributed by atoms with van der Waals surface area (Å²) < 4.78 is 0. The molecule has 1 heterocycles. The van der Waals surface area contributed by atoms with Crippen LogP contribution in [0.15, 0.2) is 24.3 Å². The lowest BCUT2D eigenvalue weighted by atomic mass is 9.97. The molecular formula is C14H22N2. The fraction of sp³-hybridized carbons (Fsp3) is 0.571. The number of anilines is 1. The molecule has 1 fully saturated rings. The van der Waals surface area contributed by atoms with E-state index < -0.39 is 0 Å². The normalized spacial score (nSPS) is 24.7. The van der Waals surface area contributed by atoms with Crippen LogP contribution in [0.2, 0.25) is 0 Å². The Morgan fingerprint density at radius 1 is 1.38 bits per heavy atom. The van der Waals surface area contributed by atoms with Gasteiger partial charge in [-0.3, -0.25) is 0 Å². The van der Waals surface area contributed by atoms with Crippen molar-refractivity contribution in [2.45, 2.75) is 13.8 Å². The van der Waals surface area contributed by atoms with Gasteiger partial charge in [0, 0.05) is 19.3 Å². The average Bonchev–Trinajstić information content (AvgIpc) is 2.64. The molecule has 1 aromatic carbocycles. The molecule has 0 aliphatic carbocycles.